The summed E-state index contributed by atoms with van der Waals surface area (Å²) < 4.78 is 19.4. The summed E-state index contributed by atoms with van der Waals surface area (Å²) in [7, 11) is -2.93. The number of benzene rings is 2. The van der Waals surface area contributed by atoms with Gasteiger partial charge in [-0.05, 0) is 34.3 Å². The van der Waals surface area contributed by atoms with Gasteiger partial charge in [0.05, 0.1) is 13.2 Å². The molecular weight excluding hydrogens is 420 g/mol. The Balaban J connectivity index is 1.86. The smallest absolute Gasteiger partial charge is 0.262 e. The molecule has 0 radical (unpaired) electrons. The Hall–Kier alpha value is -1.96. The number of ether oxygens (including phenoxy) is 2. The summed E-state index contributed by atoms with van der Waals surface area (Å²) >= 11 is 0. The fraction of sp³-hybridized carbons (Fsp3) is 0.462. The third-order valence-electron chi connectivity index (χ3n) is 6.59. The fourth-order valence-corrected chi connectivity index (χ4v) is 9.70. The van der Waals surface area contributed by atoms with E-state index in [9.17, 15) is 10.2 Å². The molecule has 0 aromatic heterocycles. The van der Waals surface area contributed by atoms with Gasteiger partial charge < -0.3 is 24.1 Å². The molecule has 2 saturated heterocycles. The number of aliphatic hydroxyl groups is 2. The molecule has 3 atom stereocenters. The van der Waals surface area contributed by atoms with Crippen molar-refractivity contribution >= 4 is 18.7 Å². The van der Waals surface area contributed by atoms with Crippen LogP contribution in [-0.2, 0) is 13.9 Å². The van der Waals surface area contributed by atoms with Crippen LogP contribution in [0.1, 0.15) is 40.0 Å². The van der Waals surface area contributed by atoms with Gasteiger partial charge in [-0.3, -0.25) is 0 Å². The Bertz CT molecular complexity index is 877. The predicted octanol–water partition coefficient (Wildman–Crippen LogP) is 3.10. The molecule has 5 nitrogen and oxygen atoms in total. The zero-order chi connectivity index (χ0) is 22.8. The first kappa shape index (κ1) is 23.2. The number of hydrogen-bond acceptors (Lipinski definition) is 5. The summed E-state index contributed by atoms with van der Waals surface area (Å²) in [6, 6.07) is 20.6. The fourth-order valence-electron chi connectivity index (χ4n) is 5.06. The molecule has 2 aromatic rings. The molecule has 2 fully saturated rings. The van der Waals surface area contributed by atoms with Gasteiger partial charge in [-0.1, -0.05) is 81.4 Å². The second kappa shape index (κ2) is 9.12. The van der Waals surface area contributed by atoms with Gasteiger partial charge in [0, 0.05) is 6.42 Å². The van der Waals surface area contributed by atoms with Crippen molar-refractivity contribution in [2.75, 3.05) is 13.2 Å². The lowest BCUT2D eigenvalue weighted by atomic mass is 9.98. The maximum atomic E-state index is 11.5. The van der Waals surface area contributed by atoms with Crippen LogP contribution in [-0.4, -0.2) is 49.7 Å². The van der Waals surface area contributed by atoms with E-state index in [1.807, 2.05) is 36.4 Å². The normalized spacial score (nSPS) is 27.6. The van der Waals surface area contributed by atoms with Gasteiger partial charge >= 0.3 is 0 Å². The topological polar surface area (TPSA) is 68.2 Å². The molecule has 4 rings (SSSR count). The highest BCUT2D eigenvalue weighted by Crippen LogP contribution is 2.46. The van der Waals surface area contributed by atoms with Gasteiger partial charge in [0.15, 0.2) is 6.10 Å². The molecule has 2 aromatic carbocycles. The minimum absolute atomic E-state index is 0.196. The van der Waals surface area contributed by atoms with Gasteiger partial charge in [0.1, 0.15) is 11.9 Å². The standard InChI is InChI=1S/C26H34O5Si/c1-25(2,3)32(20-12-6-4-7-13-20,21-14-8-5-9-15-21)31-23-22(16-18-27)30-26(24(23)28)17-10-11-19-29-26/h4-9,12-16,23-24,27-28H,10-11,17-19H2,1-3H3/b22-16+/t23-,24+,26+/m0/s1. The van der Waals surface area contributed by atoms with E-state index in [0.717, 1.165) is 23.2 Å². The molecule has 0 aliphatic carbocycles. The van der Waals surface area contributed by atoms with Crippen LogP contribution in [0.3, 0.4) is 0 Å². The summed E-state index contributed by atoms with van der Waals surface area (Å²) in [5, 5.41) is 23.2. The van der Waals surface area contributed by atoms with Crippen molar-refractivity contribution < 1.29 is 24.1 Å². The molecule has 0 unspecified atom stereocenters. The van der Waals surface area contributed by atoms with E-state index in [0.29, 0.717) is 18.8 Å². The molecule has 172 valence electrons. The molecule has 2 aliphatic rings. The molecule has 2 N–H and O–H groups in total. The zero-order valence-corrected chi connectivity index (χ0v) is 20.2. The van der Waals surface area contributed by atoms with Crippen LogP contribution in [0.15, 0.2) is 72.5 Å². The molecule has 1 spiro atoms. The number of hydrogen-bond donors (Lipinski definition) is 2. The van der Waals surface area contributed by atoms with Crippen LogP contribution in [0, 0.1) is 0 Å². The lowest BCUT2D eigenvalue weighted by Gasteiger charge is -2.45. The summed E-state index contributed by atoms with van der Waals surface area (Å²) in [5.74, 6) is -0.662. The van der Waals surface area contributed by atoms with Crippen molar-refractivity contribution in [3.63, 3.8) is 0 Å². The second-order valence-corrected chi connectivity index (χ2v) is 13.9. The summed E-state index contributed by atoms with van der Waals surface area (Å²) in [4.78, 5) is 0. The molecule has 2 heterocycles. The van der Waals surface area contributed by atoms with Crippen molar-refractivity contribution in [3.05, 3.63) is 72.5 Å². The Morgan fingerprint density at radius 3 is 2.09 bits per heavy atom. The van der Waals surface area contributed by atoms with Crippen molar-refractivity contribution in [1.29, 1.82) is 0 Å². The number of rotatable bonds is 5. The third-order valence-corrected chi connectivity index (χ3v) is 11.6. The molecule has 0 bridgehead atoms. The first-order valence-electron chi connectivity index (χ1n) is 11.4. The van der Waals surface area contributed by atoms with E-state index in [4.69, 9.17) is 13.9 Å². The highest BCUT2D eigenvalue weighted by molar-refractivity contribution is 6.99. The Morgan fingerprint density at radius 1 is 1.03 bits per heavy atom. The average Bonchev–Trinajstić information content (AvgIpc) is 3.03. The lowest BCUT2D eigenvalue weighted by Crippen LogP contribution is -2.68. The average molecular weight is 455 g/mol. The predicted molar refractivity (Wildman–Crippen MR) is 127 cm³/mol. The van der Waals surface area contributed by atoms with Gasteiger partial charge in [0.25, 0.3) is 8.32 Å². The minimum atomic E-state index is -2.93. The Morgan fingerprint density at radius 2 is 1.62 bits per heavy atom. The van der Waals surface area contributed by atoms with Crippen molar-refractivity contribution in [1.82, 2.24) is 0 Å². The van der Waals surface area contributed by atoms with Gasteiger partial charge in [-0.15, -0.1) is 0 Å². The van der Waals surface area contributed by atoms with Crippen molar-refractivity contribution in [2.24, 2.45) is 0 Å². The maximum Gasteiger partial charge on any atom is 0.262 e. The summed E-state index contributed by atoms with van der Waals surface area (Å²) in [5.41, 5.74) is 0. The van der Waals surface area contributed by atoms with Crippen LogP contribution >= 0.6 is 0 Å². The molecule has 6 heteroatoms. The first-order valence-corrected chi connectivity index (χ1v) is 13.4. The summed E-state index contributed by atoms with van der Waals surface area (Å²) in [6.07, 6.45) is 2.33. The van der Waals surface area contributed by atoms with E-state index in [1.165, 1.54) is 0 Å². The lowest BCUT2D eigenvalue weighted by molar-refractivity contribution is -0.257. The maximum absolute atomic E-state index is 11.5. The zero-order valence-electron chi connectivity index (χ0n) is 19.2. The quantitative estimate of drug-likeness (QED) is 0.680. The van der Waals surface area contributed by atoms with E-state index in [2.05, 4.69) is 45.0 Å². The van der Waals surface area contributed by atoms with Crippen LogP contribution in [0.4, 0.5) is 0 Å². The van der Waals surface area contributed by atoms with Gasteiger partial charge in [-0.25, -0.2) is 0 Å². The minimum Gasteiger partial charge on any atom is -0.461 e. The molecule has 2 aliphatic heterocycles. The highest BCUT2D eigenvalue weighted by Gasteiger charge is 2.60. The SMILES string of the molecule is CC(C)(C)[Si](O[C@H]1/C(=C\CO)O[C@]2(CCCCO2)[C@@H]1O)(c1ccccc1)c1ccccc1. The molecule has 0 saturated carbocycles. The van der Waals surface area contributed by atoms with Gasteiger partial charge in [0.2, 0.25) is 5.79 Å². The molecular formula is C26H34O5Si. The second-order valence-electron chi connectivity index (χ2n) is 9.66. The van der Waals surface area contributed by atoms with Crippen LogP contribution in [0.2, 0.25) is 5.04 Å². The van der Waals surface area contributed by atoms with Crippen molar-refractivity contribution in [3.8, 4) is 0 Å². The van der Waals surface area contributed by atoms with Crippen LogP contribution < -0.4 is 10.4 Å². The van der Waals surface area contributed by atoms with Crippen LogP contribution in [0.5, 0.6) is 0 Å². The third kappa shape index (κ3) is 3.95. The van der Waals surface area contributed by atoms with E-state index < -0.39 is 26.3 Å². The van der Waals surface area contributed by atoms with E-state index >= 15 is 0 Å². The Kier molecular flexibility index (Phi) is 6.61. The van der Waals surface area contributed by atoms with Gasteiger partial charge in [-0.2, -0.15) is 0 Å². The molecule has 32 heavy (non-hydrogen) atoms. The summed E-state index contributed by atoms with van der Waals surface area (Å²) in [6.45, 7) is 6.94. The van der Waals surface area contributed by atoms with E-state index in [-0.39, 0.29) is 11.6 Å². The van der Waals surface area contributed by atoms with E-state index in [1.54, 1.807) is 6.08 Å². The number of aliphatic hydroxyl groups excluding tert-OH is 2. The first-order chi connectivity index (χ1) is 15.3. The van der Waals surface area contributed by atoms with Crippen molar-refractivity contribution in [2.45, 2.75) is 63.1 Å². The van der Waals surface area contributed by atoms with Crippen LogP contribution in [0.25, 0.3) is 0 Å². The largest absolute Gasteiger partial charge is 0.461 e. The monoisotopic (exact) mass is 454 g/mol. The Labute approximate surface area is 191 Å². The molecule has 0 amide bonds. The highest BCUT2D eigenvalue weighted by atomic mass is 28.4.